The maximum Gasteiger partial charge on any atom is 0.417 e. The average Bonchev–Trinajstić information content (AvgIpc) is 3.23. The third kappa shape index (κ3) is 5.40. The molecule has 1 amide bonds. The van der Waals surface area contributed by atoms with Gasteiger partial charge in [-0.3, -0.25) is 0 Å². The molecule has 1 N–H and O–H groups in total. The Bertz CT molecular complexity index is 1230. The zero-order valence-corrected chi connectivity index (χ0v) is 22.6. The number of halogens is 1. The van der Waals surface area contributed by atoms with Gasteiger partial charge in [-0.2, -0.15) is 5.10 Å². The molecule has 5 rings (SSSR count). The fourth-order valence-corrected chi connectivity index (χ4v) is 5.17. The van der Waals surface area contributed by atoms with Crippen LogP contribution in [0, 0.1) is 0 Å². The molecular formula is C26H33BrN6O3. The van der Waals surface area contributed by atoms with E-state index in [0.29, 0.717) is 11.6 Å². The smallest absolute Gasteiger partial charge is 0.417 e. The molecule has 10 heteroatoms. The Balaban J connectivity index is 1.57. The first kappa shape index (κ1) is 25.1. The highest BCUT2D eigenvalue weighted by Crippen LogP contribution is 2.34. The van der Waals surface area contributed by atoms with Crippen molar-refractivity contribution in [2.75, 3.05) is 24.6 Å². The van der Waals surface area contributed by atoms with Gasteiger partial charge in [0, 0.05) is 28.7 Å². The lowest BCUT2D eigenvalue weighted by atomic mass is 10.1. The van der Waals surface area contributed by atoms with Gasteiger partial charge in [0.05, 0.1) is 11.2 Å². The molecule has 0 radical (unpaired) electrons. The molecule has 9 nitrogen and oxygen atoms in total. The monoisotopic (exact) mass is 556 g/mol. The molecule has 3 aromatic rings. The summed E-state index contributed by atoms with van der Waals surface area (Å²) in [7, 11) is 0. The van der Waals surface area contributed by atoms with Gasteiger partial charge in [-0.05, 0) is 90.2 Å². The van der Waals surface area contributed by atoms with Crippen LogP contribution in [0.4, 0.5) is 10.7 Å². The molecule has 2 aliphatic heterocycles. The van der Waals surface area contributed by atoms with Crippen LogP contribution in [0.3, 0.4) is 0 Å². The predicted octanol–water partition coefficient (Wildman–Crippen LogP) is 5.45. The van der Waals surface area contributed by atoms with Crippen molar-refractivity contribution in [3.63, 3.8) is 0 Å². The van der Waals surface area contributed by atoms with E-state index in [0.717, 1.165) is 72.9 Å². The van der Waals surface area contributed by atoms with Crippen LogP contribution in [-0.2, 0) is 9.47 Å². The minimum Gasteiger partial charge on any atom is -0.443 e. The minimum atomic E-state index is -0.624. The zero-order chi connectivity index (χ0) is 25.3. The highest BCUT2D eigenvalue weighted by Gasteiger charge is 2.33. The van der Waals surface area contributed by atoms with Gasteiger partial charge in [-0.15, -0.1) is 0 Å². The van der Waals surface area contributed by atoms with Crippen molar-refractivity contribution in [1.82, 2.24) is 25.1 Å². The number of carbonyl (C=O) groups excluding carboxylic acids is 1. The van der Waals surface area contributed by atoms with E-state index in [2.05, 4.69) is 38.4 Å². The van der Waals surface area contributed by atoms with Crippen LogP contribution in [0.15, 0.2) is 34.9 Å². The van der Waals surface area contributed by atoms with Crippen LogP contribution in [0.25, 0.3) is 22.3 Å². The van der Waals surface area contributed by atoms with Gasteiger partial charge in [0.15, 0.2) is 6.23 Å². The number of hydrogen-bond acceptors (Lipinski definition) is 7. The largest absolute Gasteiger partial charge is 0.443 e. The first-order valence-corrected chi connectivity index (χ1v) is 13.5. The number of rotatable bonds is 4. The summed E-state index contributed by atoms with van der Waals surface area (Å²) in [5.41, 5.74) is 1.75. The number of amides is 1. The van der Waals surface area contributed by atoms with E-state index < -0.39 is 11.7 Å². The van der Waals surface area contributed by atoms with Gasteiger partial charge in [-0.25, -0.2) is 24.3 Å². The Morgan fingerprint density at radius 1 is 1.19 bits per heavy atom. The van der Waals surface area contributed by atoms with Crippen LogP contribution in [0.2, 0.25) is 0 Å². The molecule has 1 aromatic carbocycles. The summed E-state index contributed by atoms with van der Waals surface area (Å²) in [4.78, 5) is 24.3. The molecule has 0 aliphatic carbocycles. The first-order chi connectivity index (χ1) is 17.3. The van der Waals surface area contributed by atoms with Crippen molar-refractivity contribution >= 4 is 38.9 Å². The quantitative estimate of drug-likeness (QED) is 0.456. The van der Waals surface area contributed by atoms with E-state index in [1.54, 1.807) is 11.1 Å². The maximum atomic E-state index is 13.3. The van der Waals surface area contributed by atoms with Crippen LogP contribution in [0.1, 0.15) is 59.1 Å². The first-order valence-electron chi connectivity index (χ1n) is 12.7. The summed E-state index contributed by atoms with van der Waals surface area (Å²) in [6, 6.07) is 7.92. The summed E-state index contributed by atoms with van der Waals surface area (Å²) < 4.78 is 14.7. The van der Waals surface area contributed by atoms with Gasteiger partial charge >= 0.3 is 6.09 Å². The topological polar surface area (TPSA) is 94.4 Å². The normalized spacial score (nSPS) is 19.4. The third-order valence-corrected chi connectivity index (χ3v) is 6.95. The van der Waals surface area contributed by atoms with E-state index in [1.807, 2.05) is 37.6 Å². The van der Waals surface area contributed by atoms with Crippen LogP contribution < -0.4 is 10.2 Å². The summed E-state index contributed by atoms with van der Waals surface area (Å²) in [5.74, 6) is 0.334. The van der Waals surface area contributed by atoms with E-state index in [4.69, 9.17) is 19.6 Å². The summed E-state index contributed by atoms with van der Waals surface area (Å²) in [5, 5.41) is 9.30. The van der Waals surface area contributed by atoms with Gasteiger partial charge in [-0.1, -0.05) is 15.9 Å². The number of hydrogen-bond donors (Lipinski definition) is 1. The lowest BCUT2D eigenvalue weighted by molar-refractivity contribution is -0.0365. The molecule has 0 saturated carbocycles. The molecule has 0 bridgehead atoms. The van der Waals surface area contributed by atoms with Gasteiger partial charge in [0.25, 0.3) is 0 Å². The second-order valence-electron chi connectivity index (χ2n) is 10.3. The maximum absolute atomic E-state index is 13.3. The van der Waals surface area contributed by atoms with Gasteiger partial charge < -0.3 is 14.8 Å². The van der Waals surface area contributed by atoms with Crippen LogP contribution in [0.5, 0.6) is 0 Å². The highest BCUT2D eigenvalue weighted by molar-refractivity contribution is 9.10. The van der Waals surface area contributed by atoms with Crippen molar-refractivity contribution in [3.8, 4) is 11.4 Å². The molecular weight excluding hydrogens is 524 g/mol. The number of fused-ring (bicyclic) bond motifs is 1. The minimum absolute atomic E-state index is 0.0459. The molecule has 1 unspecified atom stereocenters. The molecule has 2 fully saturated rings. The second kappa shape index (κ2) is 10.4. The molecule has 36 heavy (non-hydrogen) atoms. The average molecular weight is 557 g/mol. The molecule has 192 valence electrons. The van der Waals surface area contributed by atoms with Crippen molar-refractivity contribution < 1.29 is 14.3 Å². The number of anilines is 1. The SMILES string of the molecule is CC(C)(C)OC(=O)N(c1nccc(-c2nn(C3CCCCO3)c3ccc(Br)cc23)n1)C1CCNCC1. The standard InChI is InChI=1S/C26H33BrN6O3/c1-26(2,3)36-25(34)32(18-9-12-28-13-10-18)24-29-14-11-20(30-24)23-19-16-17(27)7-8-21(19)33(31-23)22-6-4-5-15-35-22/h7-8,11,14,16,18,22,28H,4-6,9-10,12-13,15H2,1-3H3. The number of ether oxygens (including phenoxy) is 2. The van der Waals surface area contributed by atoms with E-state index in [9.17, 15) is 4.79 Å². The predicted molar refractivity (Wildman–Crippen MR) is 142 cm³/mol. The second-order valence-corrected chi connectivity index (χ2v) is 11.3. The molecule has 2 aliphatic rings. The number of piperidine rings is 1. The Kier molecular flexibility index (Phi) is 7.28. The fourth-order valence-electron chi connectivity index (χ4n) is 4.80. The molecule has 0 spiro atoms. The third-order valence-electron chi connectivity index (χ3n) is 6.46. The molecule has 2 aromatic heterocycles. The van der Waals surface area contributed by atoms with E-state index in [-0.39, 0.29) is 12.3 Å². The number of nitrogens with one attached hydrogen (secondary N) is 1. The van der Waals surface area contributed by atoms with Crippen molar-refractivity contribution in [2.24, 2.45) is 0 Å². The molecule has 2 saturated heterocycles. The summed E-state index contributed by atoms with van der Waals surface area (Å²) in [6.07, 6.45) is 5.86. The lowest BCUT2D eigenvalue weighted by Crippen LogP contribution is -2.48. The van der Waals surface area contributed by atoms with E-state index >= 15 is 0 Å². The van der Waals surface area contributed by atoms with Crippen LogP contribution >= 0.6 is 15.9 Å². The Morgan fingerprint density at radius 2 is 2.00 bits per heavy atom. The zero-order valence-electron chi connectivity index (χ0n) is 21.0. The highest BCUT2D eigenvalue weighted by atomic mass is 79.9. The van der Waals surface area contributed by atoms with Crippen molar-refractivity contribution in [3.05, 3.63) is 34.9 Å². The number of nitrogens with zero attached hydrogens (tertiary/aromatic N) is 5. The Hall–Kier alpha value is -2.56. The van der Waals surface area contributed by atoms with E-state index in [1.165, 1.54) is 0 Å². The number of benzene rings is 1. The Labute approximate surface area is 219 Å². The number of aromatic nitrogens is 4. The van der Waals surface area contributed by atoms with Gasteiger partial charge in [0.1, 0.15) is 11.3 Å². The number of carbonyl (C=O) groups is 1. The van der Waals surface area contributed by atoms with Crippen molar-refractivity contribution in [1.29, 1.82) is 0 Å². The molecule has 1 atom stereocenters. The Morgan fingerprint density at radius 3 is 2.72 bits per heavy atom. The summed E-state index contributed by atoms with van der Waals surface area (Å²) in [6.45, 7) is 7.99. The van der Waals surface area contributed by atoms with Gasteiger partial charge in [0.2, 0.25) is 5.95 Å². The summed E-state index contributed by atoms with van der Waals surface area (Å²) >= 11 is 3.60. The molecule has 4 heterocycles. The van der Waals surface area contributed by atoms with Crippen molar-refractivity contribution in [2.45, 2.75) is 70.7 Å². The fraction of sp³-hybridized carbons (Fsp3) is 0.538. The lowest BCUT2D eigenvalue weighted by Gasteiger charge is -2.34. The van der Waals surface area contributed by atoms with Crippen LogP contribution in [-0.4, -0.2) is 57.2 Å².